The zero-order valence-electron chi connectivity index (χ0n) is 20.8. The van der Waals surface area contributed by atoms with Gasteiger partial charge >= 0.3 is 5.97 Å². The molecule has 0 spiro atoms. The van der Waals surface area contributed by atoms with E-state index >= 15 is 0 Å². The third kappa shape index (κ3) is 5.15. The Morgan fingerprint density at radius 1 is 1.11 bits per heavy atom. The molecule has 3 heterocycles. The van der Waals surface area contributed by atoms with E-state index in [1.807, 2.05) is 48.5 Å². The van der Waals surface area contributed by atoms with E-state index < -0.39 is 5.97 Å². The molecule has 5 aromatic rings. The second-order valence-corrected chi connectivity index (χ2v) is 8.93. The van der Waals surface area contributed by atoms with Crippen molar-refractivity contribution in [2.75, 3.05) is 0 Å². The number of hydrogen-bond donors (Lipinski definition) is 2. The Morgan fingerprint density at radius 2 is 1.95 bits per heavy atom. The molecule has 0 unspecified atom stereocenters. The van der Waals surface area contributed by atoms with Crippen LogP contribution in [0, 0.1) is 0 Å². The number of aromatic amines is 1. The second kappa shape index (κ2) is 11.0. The first-order valence-electron chi connectivity index (χ1n) is 12.3. The first-order valence-corrected chi connectivity index (χ1v) is 12.3. The Kier molecular flexibility index (Phi) is 7.21. The van der Waals surface area contributed by atoms with Gasteiger partial charge in [-0.3, -0.25) is 9.36 Å². The fraction of sp³-hybridized carbons (Fsp3) is 0.214. The highest BCUT2D eigenvalue weighted by molar-refractivity contribution is 5.88. The van der Waals surface area contributed by atoms with Gasteiger partial charge in [0, 0.05) is 17.5 Å². The van der Waals surface area contributed by atoms with Crippen molar-refractivity contribution in [1.82, 2.24) is 30.2 Å². The lowest BCUT2D eigenvalue weighted by Gasteiger charge is -2.14. The molecular weight excluding hydrogens is 484 g/mol. The van der Waals surface area contributed by atoms with Crippen LogP contribution >= 0.6 is 0 Å². The third-order valence-electron chi connectivity index (χ3n) is 6.41. The van der Waals surface area contributed by atoms with Crippen LogP contribution in [0.15, 0.2) is 76.4 Å². The van der Waals surface area contributed by atoms with E-state index in [0.29, 0.717) is 24.2 Å². The minimum absolute atomic E-state index is 0.0229. The number of carboxylic acids is 1. The lowest BCUT2D eigenvalue weighted by molar-refractivity contribution is 0.0694. The maximum Gasteiger partial charge on any atom is 0.339 e. The maximum absolute atomic E-state index is 13.7. The van der Waals surface area contributed by atoms with E-state index in [2.05, 4.69) is 32.5 Å². The molecule has 5 rings (SSSR count). The molecule has 38 heavy (non-hydrogen) atoms. The minimum Gasteiger partial charge on any atom is -0.478 e. The van der Waals surface area contributed by atoms with Crippen molar-refractivity contribution < 1.29 is 14.3 Å². The predicted molar refractivity (Wildman–Crippen MR) is 140 cm³/mol. The van der Waals surface area contributed by atoms with Crippen molar-refractivity contribution in [3.63, 3.8) is 0 Å². The number of tetrazole rings is 1. The number of nitrogens with one attached hydrogen (secondary N) is 1. The average molecular weight is 511 g/mol. The van der Waals surface area contributed by atoms with Gasteiger partial charge in [-0.05, 0) is 46.9 Å². The summed E-state index contributed by atoms with van der Waals surface area (Å²) in [6.45, 7) is 2.06. The van der Waals surface area contributed by atoms with E-state index in [0.717, 1.165) is 40.8 Å². The Labute approximate surface area is 218 Å². The average Bonchev–Trinajstić information content (AvgIpc) is 3.64. The number of hydrogen-bond acceptors (Lipinski definition) is 7. The summed E-state index contributed by atoms with van der Waals surface area (Å²) in [6, 6.07) is 17.3. The van der Waals surface area contributed by atoms with E-state index in [1.54, 1.807) is 0 Å². The summed E-state index contributed by atoms with van der Waals surface area (Å²) in [5, 5.41) is 24.0. The molecule has 0 aliphatic rings. The number of benzene rings is 2. The number of H-pyrrole nitrogens is 1. The lowest BCUT2D eigenvalue weighted by atomic mass is 9.94. The van der Waals surface area contributed by atoms with Crippen molar-refractivity contribution in [1.29, 1.82) is 0 Å². The number of furan rings is 1. The molecular formula is C28H26N6O4. The smallest absolute Gasteiger partial charge is 0.339 e. The highest BCUT2D eigenvalue weighted by Gasteiger charge is 2.19. The van der Waals surface area contributed by atoms with E-state index in [1.165, 1.54) is 23.2 Å². The van der Waals surface area contributed by atoms with Gasteiger partial charge in [-0.1, -0.05) is 55.8 Å². The van der Waals surface area contributed by atoms with Crippen molar-refractivity contribution >= 4 is 5.97 Å². The van der Waals surface area contributed by atoms with Crippen LogP contribution in [0.3, 0.4) is 0 Å². The number of aryl methyl sites for hydroxylation is 1. The standard InChI is InChI=1S/C28H26N6O4/c1-2-3-9-24-23(27(35)34(17-29-24)16-25-21(28(36)37)12-13-38-25)15-18-10-11-20(19-7-5-4-6-8-19)22(14-18)26-30-32-33-31-26/h4-8,10-14,17H,2-3,9,15-16H2,1H3,(H,36,37)(H,30,31,32,33). The van der Waals surface area contributed by atoms with Crippen LogP contribution in [0.25, 0.3) is 22.5 Å². The molecule has 0 aliphatic carbocycles. The first-order chi connectivity index (χ1) is 18.5. The summed E-state index contributed by atoms with van der Waals surface area (Å²) in [5.41, 5.74) is 4.74. The van der Waals surface area contributed by atoms with Crippen LogP contribution < -0.4 is 5.56 Å². The van der Waals surface area contributed by atoms with Gasteiger partial charge in [-0.15, -0.1) is 10.2 Å². The largest absolute Gasteiger partial charge is 0.478 e. The number of unbranched alkanes of at least 4 members (excludes halogenated alkanes) is 1. The van der Waals surface area contributed by atoms with Gasteiger partial charge in [0.25, 0.3) is 5.56 Å². The molecule has 2 N–H and O–H groups in total. The van der Waals surface area contributed by atoms with Crippen molar-refractivity contribution in [3.8, 4) is 22.5 Å². The summed E-state index contributed by atoms with van der Waals surface area (Å²) in [6.07, 6.45) is 5.65. The molecule has 0 saturated carbocycles. The minimum atomic E-state index is -1.11. The van der Waals surface area contributed by atoms with E-state index in [9.17, 15) is 14.7 Å². The van der Waals surface area contributed by atoms with Gasteiger partial charge in [0.1, 0.15) is 11.3 Å². The third-order valence-corrected chi connectivity index (χ3v) is 6.41. The SMILES string of the molecule is CCCCc1ncn(Cc2occc2C(=O)O)c(=O)c1Cc1ccc(-c2ccccc2)c(-c2nn[nH]n2)c1. The molecule has 192 valence electrons. The van der Waals surface area contributed by atoms with Crippen molar-refractivity contribution in [2.45, 2.75) is 39.2 Å². The quantitative estimate of drug-likeness (QED) is 0.282. The van der Waals surface area contributed by atoms with Gasteiger partial charge in [0.2, 0.25) is 5.82 Å². The summed E-state index contributed by atoms with van der Waals surface area (Å²) < 4.78 is 6.76. The lowest BCUT2D eigenvalue weighted by Crippen LogP contribution is -2.27. The monoisotopic (exact) mass is 510 g/mol. The number of carbonyl (C=O) groups is 1. The highest BCUT2D eigenvalue weighted by Crippen LogP contribution is 2.31. The molecule has 0 radical (unpaired) electrons. The maximum atomic E-state index is 13.7. The Balaban J connectivity index is 1.55. The van der Waals surface area contributed by atoms with Gasteiger partial charge in [0.05, 0.1) is 24.8 Å². The van der Waals surface area contributed by atoms with Crippen LogP contribution in [-0.2, 0) is 19.4 Å². The molecule has 0 fully saturated rings. The topological polar surface area (TPSA) is 140 Å². The zero-order chi connectivity index (χ0) is 26.5. The normalized spacial score (nSPS) is 11.1. The van der Waals surface area contributed by atoms with Crippen molar-refractivity contribution in [3.05, 3.63) is 106 Å². The van der Waals surface area contributed by atoms with Crippen LogP contribution in [0.5, 0.6) is 0 Å². The molecule has 0 amide bonds. The van der Waals surface area contributed by atoms with Gasteiger partial charge in [0.15, 0.2) is 0 Å². The number of carboxylic acid groups (broad SMARTS) is 1. The molecule has 10 nitrogen and oxygen atoms in total. The summed E-state index contributed by atoms with van der Waals surface area (Å²) >= 11 is 0. The number of aromatic carboxylic acids is 1. The zero-order valence-corrected chi connectivity index (χ0v) is 20.8. The van der Waals surface area contributed by atoms with E-state index in [4.69, 9.17) is 4.42 Å². The van der Waals surface area contributed by atoms with Crippen LogP contribution in [0.1, 0.15) is 52.7 Å². The Bertz CT molecular complexity index is 1610. The predicted octanol–water partition coefficient (Wildman–Crippen LogP) is 4.36. The van der Waals surface area contributed by atoms with Crippen molar-refractivity contribution in [2.24, 2.45) is 0 Å². The van der Waals surface area contributed by atoms with Crippen LogP contribution in [0.4, 0.5) is 0 Å². The molecule has 3 aromatic heterocycles. The summed E-state index contributed by atoms with van der Waals surface area (Å²) in [7, 11) is 0. The molecule has 0 saturated heterocycles. The number of nitrogens with zero attached hydrogens (tertiary/aromatic N) is 5. The molecule has 0 bridgehead atoms. The van der Waals surface area contributed by atoms with Gasteiger partial charge in [-0.2, -0.15) is 5.21 Å². The van der Waals surface area contributed by atoms with Crippen LogP contribution in [0.2, 0.25) is 0 Å². The molecule has 0 aliphatic heterocycles. The number of aromatic nitrogens is 6. The van der Waals surface area contributed by atoms with Gasteiger partial charge < -0.3 is 9.52 Å². The molecule has 10 heteroatoms. The molecule has 2 aromatic carbocycles. The molecule has 0 atom stereocenters. The van der Waals surface area contributed by atoms with Gasteiger partial charge in [-0.25, -0.2) is 9.78 Å². The fourth-order valence-corrected chi connectivity index (χ4v) is 4.46. The highest BCUT2D eigenvalue weighted by atomic mass is 16.4. The fourth-order valence-electron chi connectivity index (χ4n) is 4.46. The number of rotatable bonds is 10. The van der Waals surface area contributed by atoms with Crippen LogP contribution in [-0.4, -0.2) is 41.3 Å². The second-order valence-electron chi connectivity index (χ2n) is 8.93. The summed E-state index contributed by atoms with van der Waals surface area (Å²) in [4.78, 5) is 29.8. The Hall–Kier alpha value is -4.86. The Morgan fingerprint density at radius 3 is 2.68 bits per heavy atom. The first kappa shape index (κ1) is 24.8. The summed E-state index contributed by atoms with van der Waals surface area (Å²) in [5.74, 6) is -0.457. The van der Waals surface area contributed by atoms with E-state index in [-0.39, 0.29) is 23.4 Å².